The van der Waals surface area contributed by atoms with Crippen LogP contribution in [0.4, 0.5) is 0 Å². The van der Waals surface area contributed by atoms with E-state index >= 15 is 0 Å². The van der Waals surface area contributed by atoms with Gasteiger partial charge in [0.25, 0.3) is 0 Å². The zero-order valence-electron chi connectivity index (χ0n) is 14.3. The third kappa shape index (κ3) is 5.56. The van der Waals surface area contributed by atoms with E-state index in [1.165, 1.54) is 0 Å². The van der Waals surface area contributed by atoms with Crippen molar-refractivity contribution in [2.45, 2.75) is 47.7 Å². The first-order valence-electron chi connectivity index (χ1n) is 7.50. The third-order valence-corrected chi connectivity index (χ3v) is 3.38. The fraction of sp³-hybridized carbons (Fsp3) is 0.500. The lowest BCUT2D eigenvalue weighted by Gasteiger charge is -2.09. The number of aliphatic imine (C=N–C) groups is 1. The molecule has 2 aromatic heterocycles. The van der Waals surface area contributed by atoms with Crippen LogP contribution >= 0.6 is 24.0 Å². The van der Waals surface area contributed by atoms with Gasteiger partial charge in [0.15, 0.2) is 5.96 Å². The Labute approximate surface area is 154 Å². The van der Waals surface area contributed by atoms with E-state index in [-0.39, 0.29) is 24.0 Å². The maximum absolute atomic E-state index is 5.56. The van der Waals surface area contributed by atoms with Crippen LogP contribution in [0.25, 0.3) is 0 Å². The molecule has 2 rings (SSSR count). The van der Waals surface area contributed by atoms with Gasteiger partial charge in [0.05, 0.1) is 18.8 Å². The fourth-order valence-corrected chi connectivity index (χ4v) is 2.12. The van der Waals surface area contributed by atoms with Gasteiger partial charge in [0.2, 0.25) is 5.89 Å². The van der Waals surface area contributed by atoms with E-state index in [1.54, 1.807) is 0 Å². The van der Waals surface area contributed by atoms with Crippen LogP contribution < -0.4 is 10.6 Å². The highest BCUT2D eigenvalue weighted by molar-refractivity contribution is 14.0. The lowest BCUT2D eigenvalue weighted by molar-refractivity contribution is 0.463. The Bertz CT molecular complexity index is 642. The summed E-state index contributed by atoms with van der Waals surface area (Å²) in [5, 5.41) is 6.44. The van der Waals surface area contributed by atoms with Gasteiger partial charge < -0.3 is 19.5 Å². The molecule has 0 amide bonds. The molecular weight excluding hydrogens is 407 g/mol. The summed E-state index contributed by atoms with van der Waals surface area (Å²) in [6.45, 7) is 11.6. The Morgan fingerprint density at radius 2 is 1.87 bits per heavy atom. The summed E-state index contributed by atoms with van der Waals surface area (Å²) in [5.41, 5.74) is 2.01. The summed E-state index contributed by atoms with van der Waals surface area (Å²) in [7, 11) is 0. The van der Waals surface area contributed by atoms with Gasteiger partial charge in [0.1, 0.15) is 17.3 Å². The van der Waals surface area contributed by atoms with E-state index in [4.69, 9.17) is 8.83 Å². The Hall–Kier alpha value is -1.51. The maximum atomic E-state index is 5.56. The van der Waals surface area contributed by atoms with Crippen LogP contribution in [0.1, 0.15) is 41.4 Å². The molecule has 0 saturated carbocycles. The molecule has 0 aromatic carbocycles. The van der Waals surface area contributed by atoms with Crippen molar-refractivity contribution < 1.29 is 8.83 Å². The van der Waals surface area contributed by atoms with Crippen LogP contribution in [0.5, 0.6) is 0 Å². The Kier molecular flexibility index (Phi) is 7.60. The lowest BCUT2D eigenvalue weighted by atomic mass is 10.2. The number of rotatable bonds is 5. The molecule has 0 aliphatic rings. The van der Waals surface area contributed by atoms with E-state index in [0.29, 0.717) is 19.0 Å². The molecule has 23 heavy (non-hydrogen) atoms. The zero-order chi connectivity index (χ0) is 16.1. The monoisotopic (exact) mass is 432 g/mol. The highest BCUT2D eigenvalue weighted by atomic mass is 127. The Morgan fingerprint density at radius 3 is 2.39 bits per heavy atom. The minimum absolute atomic E-state index is 0. The van der Waals surface area contributed by atoms with Crippen LogP contribution in [0.2, 0.25) is 0 Å². The number of hydrogen-bond donors (Lipinski definition) is 2. The number of oxazole rings is 1. The highest BCUT2D eigenvalue weighted by Gasteiger charge is 2.07. The zero-order valence-corrected chi connectivity index (χ0v) is 16.6. The third-order valence-electron chi connectivity index (χ3n) is 3.38. The molecule has 2 heterocycles. The van der Waals surface area contributed by atoms with E-state index in [0.717, 1.165) is 41.0 Å². The van der Waals surface area contributed by atoms with Crippen LogP contribution in [0.15, 0.2) is 19.9 Å². The highest BCUT2D eigenvalue weighted by Crippen LogP contribution is 2.14. The minimum Gasteiger partial charge on any atom is -0.466 e. The topological polar surface area (TPSA) is 75.6 Å². The number of nitrogens with zero attached hydrogens (tertiary/aromatic N) is 2. The van der Waals surface area contributed by atoms with Crippen molar-refractivity contribution in [2.24, 2.45) is 4.99 Å². The van der Waals surface area contributed by atoms with Gasteiger partial charge in [-0.05, 0) is 40.7 Å². The molecule has 0 atom stereocenters. The first-order valence-corrected chi connectivity index (χ1v) is 7.50. The average Bonchev–Trinajstić information content (AvgIpc) is 2.95. The summed E-state index contributed by atoms with van der Waals surface area (Å²) >= 11 is 0. The number of halogens is 1. The number of nitrogens with one attached hydrogen (secondary N) is 2. The fourth-order valence-electron chi connectivity index (χ4n) is 2.12. The second-order valence-corrected chi connectivity index (χ2v) is 5.24. The smallest absolute Gasteiger partial charge is 0.214 e. The summed E-state index contributed by atoms with van der Waals surface area (Å²) in [5.74, 6) is 4.07. The van der Waals surface area contributed by atoms with Crippen molar-refractivity contribution in [3.8, 4) is 0 Å². The molecule has 2 aromatic rings. The Morgan fingerprint density at radius 1 is 1.13 bits per heavy atom. The second kappa shape index (κ2) is 8.95. The van der Waals surface area contributed by atoms with Gasteiger partial charge in [-0.25, -0.2) is 9.98 Å². The first-order chi connectivity index (χ1) is 10.5. The molecule has 0 aliphatic carbocycles. The molecule has 0 aliphatic heterocycles. The molecule has 0 bridgehead atoms. The molecule has 0 radical (unpaired) electrons. The lowest BCUT2D eigenvalue weighted by Crippen LogP contribution is -2.36. The molecular formula is C16H25IN4O2. The summed E-state index contributed by atoms with van der Waals surface area (Å²) in [6, 6.07) is 2.02. The van der Waals surface area contributed by atoms with Crippen molar-refractivity contribution in [3.05, 3.63) is 40.5 Å². The SMILES string of the molecule is CCNC(=NCc1cc(C)oc1C)NCc1nc(C)c(C)o1.I. The summed E-state index contributed by atoms with van der Waals surface area (Å²) in [6.07, 6.45) is 0. The normalized spacial score (nSPS) is 11.3. The minimum atomic E-state index is 0. The predicted octanol–water partition coefficient (Wildman–Crippen LogP) is 3.37. The molecule has 0 unspecified atom stereocenters. The van der Waals surface area contributed by atoms with Crippen molar-refractivity contribution in [1.29, 1.82) is 0 Å². The molecule has 0 spiro atoms. The first kappa shape index (κ1) is 19.5. The molecule has 7 heteroatoms. The van der Waals surface area contributed by atoms with Crippen LogP contribution in [-0.4, -0.2) is 17.5 Å². The van der Waals surface area contributed by atoms with Gasteiger partial charge in [-0.15, -0.1) is 24.0 Å². The predicted molar refractivity (Wildman–Crippen MR) is 101 cm³/mol. The average molecular weight is 432 g/mol. The number of hydrogen-bond acceptors (Lipinski definition) is 4. The van der Waals surface area contributed by atoms with Crippen molar-refractivity contribution in [2.75, 3.05) is 6.54 Å². The van der Waals surface area contributed by atoms with Gasteiger partial charge in [0, 0.05) is 12.1 Å². The molecule has 2 N–H and O–H groups in total. The van der Waals surface area contributed by atoms with E-state index < -0.39 is 0 Å². The second-order valence-electron chi connectivity index (χ2n) is 5.24. The summed E-state index contributed by atoms with van der Waals surface area (Å²) in [4.78, 5) is 8.92. The van der Waals surface area contributed by atoms with Crippen molar-refractivity contribution in [3.63, 3.8) is 0 Å². The molecule has 0 fully saturated rings. The van der Waals surface area contributed by atoms with E-state index in [1.807, 2.05) is 40.7 Å². The van der Waals surface area contributed by atoms with Gasteiger partial charge >= 0.3 is 0 Å². The quantitative estimate of drug-likeness (QED) is 0.431. The van der Waals surface area contributed by atoms with E-state index in [9.17, 15) is 0 Å². The van der Waals surface area contributed by atoms with Gasteiger partial charge in [-0.2, -0.15) is 0 Å². The van der Waals surface area contributed by atoms with E-state index in [2.05, 4.69) is 20.6 Å². The standard InChI is InChI=1S/C16H24N4O2.HI/c1-6-17-16(18-8-14-7-10(2)21-13(14)5)19-9-15-20-11(3)12(4)22-15;/h7H,6,8-9H2,1-5H3,(H2,17,18,19);1H. The van der Waals surface area contributed by atoms with Crippen molar-refractivity contribution in [1.82, 2.24) is 15.6 Å². The number of aromatic nitrogens is 1. The molecule has 128 valence electrons. The van der Waals surface area contributed by atoms with Crippen molar-refractivity contribution >= 4 is 29.9 Å². The number of furan rings is 1. The Balaban J connectivity index is 0.00000264. The van der Waals surface area contributed by atoms with Gasteiger partial charge in [-0.1, -0.05) is 0 Å². The molecule has 0 saturated heterocycles. The molecule has 6 nitrogen and oxygen atoms in total. The largest absolute Gasteiger partial charge is 0.466 e. The van der Waals surface area contributed by atoms with Crippen LogP contribution in [0, 0.1) is 27.7 Å². The van der Waals surface area contributed by atoms with Gasteiger partial charge in [-0.3, -0.25) is 0 Å². The number of guanidine groups is 1. The van der Waals surface area contributed by atoms with Crippen LogP contribution in [0.3, 0.4) is 0 Å². The number of aryl methyl sites for hydroxylation is 4. The maximum Gasteiger partial charge on any atom is 0.214 e. The van der Waals surface area contributed by atoms with Crippen LogP contribution in [-0.2, 0) is 13.1 Å². The summed E-state index contributed by atoms with van der Waals surface area (Å²) < 4.78 is 11.1.